The normalized spacial score (nSPS) is 33.8. The summed E-state index contributed by atoms with van der Waals surface area (Å²) in [5.41, 5.74) is 2.54. The van der Waals surface area contributed by atoms with E-state index in [0.717, 1.165) is 35.1 Å². The van der Waals surface area contributed by atoms with Crippen molar-refractivity contribution in [3.8, 4) is 5.75 Å². The minimum Gasteiger partial charge on any atom is -0.493 e. The Morgan fingerprint density at radius 3 is 2.83 bits per heavy atom. The third kappa shape index (κ3) is 1.65. The Bertz CT molecular complexity index is 492. The van der Waals surface area contributed by atoms with E-state index in [0.29, 0.717) is 5.92 Å². The molecule has 0 amide bonds. The monoisotopic (exact) mass is 326 g/mol. The van der Waals surface area contributed by atoms with Crippen LogP contribution in [0, 0.1) is 17.8 Å². The van der Waals surface area contributed by atoms with Gasteiger partial charge in [0.15, 0.2) is 0 Å². The Hall–Kier alpha value is -0.210. The second-order valence-electron chi connectivity index (χ2n) is 5.82. The van der Waals surface area contributed by atoms with Crippen LogP contribution in [0.25, 0.3) is 0 Å². The number of benzene rings is 1. The molecule has 0 aromatic heterocycles. The number of fused-ring (bicyclic) bond motifs is 2. The molecule has 3 aliphatic rings. The molecule has 18 heavy (non-hydrogen) atoms. The summed E-state index contributed by atoms with van der Waals surface area (Å²) < 4.78 is 6.94. The quantitative estimate of drug-likeness (QED) is 0.715. The second kappa shape index (κ2) is 4.14. The minimum atomic E-state index is 0.143. The van der Waals surface area contributed by atoms with Gasteiger partial charge in [-0.1, -0.05) is 22.4 Å². The van der Waals surface area contributed by atoms with E-state index in [-0.39, 0.29) is 5.38 Å². The molecule has 1 heterocycles. The molecule has 2 fully saturated rings. The summed E-state index contributed by atoms with van der Waals surface area (Å²) in [7, 11) is 0. The molecular formula is C15H16BrClO. The first-order valence-corrected chi connectivity index (χ1v) is 8.08. The summed E-state index contributed by atoms with van der Waals surface area (Å²) in [6, 6.07) is 4.33. The molecule has 4 rings (SSSR count). The van der Waals surface area contributed by atoms with Crippen molar-refractivity contribution < 1.29 is 4.74 Å². The van der Waals surface area contributed by atoms with Gasteiger partial charge in [-0.05, 0) is 48.3 Å². The number of ether oxygens (including phenoxy) is 1. The summed E-state index contributed by atoms with van der Waals surface area (Å²) in [6.07, 6.45) is 5.19. The third-order valence-corrected chi connectivity index (χ3v) is 5.87. The van der Waals surface area contributed by atoms with E-state index in [4.69, 9.17) is 16.3 Å². The summed E-state index contributed by atoms with van der Waals surface area (Å²) >= 11 is 10.4. The predicted octanol–water partition coefficient (Wildman–Crippen LogP) is 4.71. The summed E-state index contributed by atoms with van der Waals surface area (Å²) in [5, 5.41) is 0.143. The number of hydrogen-bond acceptors (Lipinski definition) is 1. The highest BCUT2D eigenvalue weighted by Crippen LogP contribution is 2.64. The van der Waals surface area contributed by atoms with Crippen molar-refractivity contribution in [1.82, 2.24) is 0 Å². The number of hydrogen-bond donors (Lipinski definition) is 0. The lowest BCUT2D eigenvalue weighted by Gasteiger charge is -2.16. The van der Waals surface area contributed by atoms with Gasteiger partial charge in [-0.15, -0.1) is 11.6 Å². The number of halogens is 2. The summed E-state index contributed by atoms with van der Waals surface area (Å²) in [6.45, 7) is 0.805. The average molecular weight is 328 g/mol. The van der Waals surface area contributed by atoms with Gasteiger partial charge in [-0.2, -0.15) is 0 Å². The van der Waals surface area contributed by atoms with Crippen molar-refractivity contribution in [2.45, 2.75) is 31.1 Å². The van der Waals surface area contributed by atoms with E-state index >= 15 is 0 Å². The first kappa shape index (κ1) is 11.6. The van der Waals surface area contributed by atoms with Crippen molar-refractivity contribution in [3.63, 3.8) is 0 Å². The van der Waals surface area contributed by atoms with Crippen LogP contribution in [0.2, 0.25) is 0 Å². The first-order chi connectivity index (χ1) is 8.75. The Labute approximate surface area is 121 Å². The average Bonchev–Trinajstić information content (AvgIpc) is 2.76. The van der Waals surface area contributed by atoms with Crippen LogP contribution >= 0.6 is 27.5 Å². The maximum atomic E-state index is 6.76. The molecule has 1 nitrogen and oxygen atoms in total. The lowest BCUT2D eigenvalue weighted by molar-refractivity contribution is 0.351. The van der Waals surface area contributed by atoms with E-state index in [2.05, 4.69) is 28.1 Å². The van der Waals surface area contributed by atoms with Crippen LogP contribution in [-0.2, 0) is 6.42 Å². The predicted molar refractivity (Wildman–Crippen MR) is 76.3 cm³/mol. The Balaban J connectivity index is 1.68. The van der Waals surface area contributed by atoms with E-state index in [1.54, 1.807) is 0 Å². The zero-order chi connectivity index (χ0) is 12.3. The van der Waals surface area contributed by atoms with Gasteiger partial charge in [-0.3, -0.25) is 0 Å². The van der Waals surface area contributed by atoms with Crippen LogP contribution in [0.3, 0.4) is 0 Å². The van der Waals surface area contributed by atoms with Gasteiger partial charge >= 0.3 is 0 Å². The maximum absolute atomic E-state index is 6.76. The van der Waals surface area contributed by atoms with Gasteiger partial charge in [0.25, 0.3) is 0 Å². The van der Waals surface area contributed by atoms with Crippen LogP contribution in [0.1, 0.15) is 35.8 Å². The summed E-state index contributed by atoms with van der Waals surface area (Å²) in [4.78, 5) is 0. The van der Waals surface area contributed by atoms with E-state index in [1.807, 2.05) is 0 Å². The van der Waals surface area contributed by atoms with Gasteiger partial charge in [0.05, 0.1) is 12.0 Å². The SMILES string of the molecule is ClC(c1cc(Br)cc2c1OCC2)C1C2CCCC21. The lowest BCUT2D eigenvalue weighted by Crippen LogP contribution is -2.01. The fourth-order valence-corrected chi connectivity index (χ4v) is 5.08. The molecule has 2 aliphatic carbocycles. The van der Waals surface area contributed by atoms with Crippen molar-refractivity contribution in [3.05, 3.63) is 27.7 Å². The molecule has 2 saturated carbocycles. The zero-order valence-electron chi connectivity index (χ0n) is 10.2. The molecular weight excluding hydrogens is 312 g/mol. The van der Waals surface area contributed by atoms with E-state index in [9.17, 15) is 0 Å². The second-order valence-corrected chi connectivity index (χ2v) is 7.21. The van der Waals surface area contributed by atoms with Crippen molar-refractivity contribution in [2.24, 2.45) is 17.8 Å². The molecule has 0 N–H and O–H groups in total. The molecule has 3 atom stereocenters. The smallest absolute Gasteiger partial charge is 0.127 e. The van der Waals surface area contributed by atoms with Gasteiger partial charge in [0.1, 0.15) is 5.75 Å². The fraction of sp³-hybridized carbons (Fsp3) is 0.600. The van der Waals surface area contributed by atoms with Crippen LogP contribution in [0.4, 0.5) is 0 Å². The minimum absolute atomic E-state index is 0.143. The highest BCUT2D eigenvalue weighted by molar-refractivity contribution is 9.10. The van der Waals surface area contributed by atoms with Gasteiger partial charge in [0, 0.05) is 16.5 Å². The lowest BCUT2D eigenvalue weighted by atomic mass is 9.99. The molecule has 0 saturated heterocycles. The molecule has 1 aromatic carbocycles. The van der Waals surface area contributed by atoms with E-state index < -0.39 is 0 Å². The van der Waals surface area contributed by atoms with Gasteiger partial charge in [-0.25, -0.2) is 0 Å². The van der Waals surface area contributed by atoms with Crippen LogP contribution in [0.15, 0.2) is 16.6 Å². The highest BCUT2D eigenvalue weighted by Gasteiger charge is 2.56. The highest BCUT2D eigenvalue weighted by atomic mass is 79.9. The molecule has 1 aromatic rings. The number of rotatable bonds is 2. The largest absolute Gasteiger partial charge is 0.493 e. The van der Waals surface area contributed by atoms with Crippen molar-refractivity contribution in [1.29, 1.82) is 0 Å². The molecule has 96 valence electrons. The maximum Gasteiger partial charge on any atom is 0.127 e. The third-order valence-electron chi connectivity index (χ3n) is 4.88. The van der Waals surface area contributed by atoms with Crippen LogP contribution in [-0.4, -0.2) is 6.61 Å². The molecule has 0 radical (unpaired) electrons. The topological polar surface area (TPSA) is 9.23 Å². The zero-order valence-corrected chi connectivity index (χ0v) is 12.5. The number of alkyl halides is 1. The standard InChI is InChI=1S/C15H16BrClO/c16-9-6-8-4-5-18-15(8)12(7-9)14(17)13-10-2-1-3-11(10)13/h6-7,10-11,13-14H,1-5H2. The Kier molecular flexibility index (Phi) is 2.67. The molecule has 3 unspecified atom stereocenters. The molecule has 3 heteroatoms. The van der Waals surface area contributed by atoms with Crippen LogP contribution < -0.4 is 4.74 Å². The fourth-order valence-electron chi connectivity index (χ4n) is 4.02. The van der Waals surface area contributed by atoms with Crippen LogP contribution in [0.5, 0.6) is 5.75 Å². The van der Waals surface area contributed by atoms with E-state index in [1.165, 1.54) is 30.4 Å². The molecule has 0 bridgehead atoms. The Morgan fingerprint density at radius 1 is 1.28 bits per heavy atom. The molecule has 1 aliphatic heterocycles. The Morgan fingerprint density at radius 2 is 2.06 bits per heavy atom. The van der Waals surface area contributed by atoms with Crippen molar-refractivity contribution in [2.75, 3.05) is 6.61 Å². The van der Waals surface area contributed by atoms with Gasteiger partial charge in [0.2, 0.25) is 0 Å². The van der Waals surface area contributed by atoms with Crippen molar-refractivity contribution >= 4 is 27.5 Å². The first-order valence-electron chi connectivity index (χ1n) is 6.85. The summed E-state index contributed by atoms with van der Waals surface area (Å²) in [5.74, 6) is 3.55. The molecule has 0 spiro atoms. The van der Waals surface area contributed by atoms with Gasteiger partial charge < -0.3 is 4.74 Å².